The van der Waals surface area contributed by atoms with Gasteiger partial charge in [0.1, 0.15) is 5.75 Å². The molecule has 0 saturated carbocycles. The molecule has 2 N–H and O–H groups in total. The van der Waals surface area contributed by atoms with Gasteiger partial charge in [-0.15, -0.1) is 0 Å². The summed E-state index contributed by atoms with van der Waals surface area (Å²) in [5, 5.41) is 4.40. The van der Waals surface area contributed by atoms with Gasteiger partial charge in [-0.1, -0.05) is 6.92 Å². The predicted octanol–water partition coefficient (Wildman–Crippen LogP) is 2.26. The van der Waals surface area contributed by atoms with E-state index in [1.165, 1.54) is 0 Å². The minimum absolute atomic E-state index is 0.685. The second-order valence-electron chi connectivity index (χ2n) is 4.22. The number of nitrogen functional groups attached to an aromatic ring is 1. The minimum atomic E-state index is 0.685. The zero-order valence-electron chi connectivity index (χ0n) is 11.0. The number of ether oxygens (including phenoxy) is 1. The molecule has 0 bridgehead atoms. The third-order valence-corrected chi connectivity index (χ3v) is 2.76. The van der Waals surface area contributed by atoms with Gasteiger partial charge in [0.15, 0.2) is 0 Å². The highest BCUT2D eigenvalue weighted by atomic mass is 16.5. The summed E-state index contributed by atoms with van der Waals surface area (Å²) in [6.45, 7) is 6.59. The Bertz CT molecular complexity index is 548. The van der Waals surface area contributed by atoms with Crippen molar-refractivity contribution in [3.8, 4) is 11.4 Å². The molecule has 2 heterocycles. The Balaban J connectivity index is 2.35. The highest BCUT2D eigenvalue weighted by molar-refractivity contribution is 5.50. The van der Waals surface area contributed by atoms with Crippen molar-refractivity contribution in [3.63, 3.8) is 0 Å². The number of aromatic nitrogens is 3. The van der Waals surface area contributed by atoms with E-state index < -0.39 is 0 Å². The summed E-state index contributed by atoms with van der Waals surface area (Å²) in [6, 6.07) is 1.92. The third-order valence-electron chi connectivity index (χ3n) is 2.76. The van der Waals surface area contributed by atoms with Crippen LogP contribution >= 0.6 is 0 Å². The van der Waals surface area contributed by atoms with Gasteiger partial charge < -0.3 is 10.5 Å². The average Bonchev–Trinajstić information content (AvgIpc) is 2.64. The van der Waals surface area contributed by atoms with Gasteiger partial charge in [-0.2, -0.15) is 5.10 Å². The Hall–Kier alpha value is -2.04. The van der Waals surface area contributed by atoms with E-state index in [1.807, 2.05) is 19.9 Å². The van der Waals surface area contributed by atoms with Gasteiger partial charge in [-0.3, -0.25) is 4.98 Å². The van der Waals surface area contributed by atoms with Gasteiger partial charge in [0.25, 0.3) is 0 Å². The summed E-state index contributed by atoms with van der Waals surface area (Å²) in [5.74, 6) is 0.750. The van der Waals surface area contributed by atoms with Crippen LogP contribution in [0.3, 0.4) is 0 Å². The first-order valence-corrected chi connectivity index (χ1v) is 6.03. The molecule has 5 heteroatoms. The molecular weight excluding hydrogens is 228 g/mol. The molecule has 0 radical (unpaired) electrons. The van der Waals surface area contributed by atoms with Crippen LogP contribution in [0.25, 0.3) is 5.69 Å². The second-order valence-corrected chi connectivity index (χ2v) is 4.22. The van der Waals surface area contributed by atoms with Crippen molar-refractivity contribution >= 4 is 5.69 Å². The highest BCUT2D eigenvalue weighted by Gasteiger charge is 2.10. The van der Waals surface area contributed by atoms with Crippen molar-refractivity contribution in [2.75, 3.05) is 12.3 Å². The topological polar surface area (TPSA) is 66.0 Å². The van der Waals surface area contributed by atoms with Crippen LogP contribution in [0.15, 0.2) is 18.5 Å². The molecule has 0 saturated heterocycles. The summed E-state index contributed by atoms with van der Waals surface area (Å²) >= 11 is 0. The number of nitrogens with zero attached hydrogens (tertiary/aromatic N) is 3. The molecule has 96 valence electrons. The average molecular weight is 246 g/mol. The quantitative estimate of drug-likeness (QED) is 0.898. The molecule has 0 amide bonds. The molecule has 0 aromatic carbocycles. The fourth-order valence-corrected chi connectivity index (χ4v) is 1.73. The van der Waals surface area contributed by atoms with E-state index in [-0.39, 0.29) is 0 Å². The summed E-state index contributed by atoms with van der Waals surface area (Å²) < 4.78 is 7.35. The maximum atomic E-state index is 5.92. The van der Waals surface area contributed by atoms with Gasteiger partial charge in [0, 0.05) is 6.07 Å². The fourth-order valence-electron chi connectivity index (χ4n) is 1.73. The monoisotopic (exact) mass is 246 g/mol. The molecule has 0 unspecified atom stereocenters. The highest BCUT2D eigenvalue weighted by Crippen LogP contribution is 2.21. The summed E-state index contributed by atoms with van der Waals surface area (Å²) in [4.78, 5) is 4.17. The first kappa shape index (κ1) is 12.4. The lowest BCUT2D eigenvalue weighted by Gasteiger charge is -2.07. The number of pyridine rings is 1. The molecule has 0 aliphatic heterocycles. The molecule has 2 aromatic rings. The van der Waals surface area contributed by atoms with Crippen molar-refractivity contribution in [2.45, 2.75) is 27.2 Å². The van der Waals surface area contributed by atoms with Crippen LogP contribution in [0.5, 0.6) is 5.75 Å². The predicted molar refractivity (Wildman–Crippen MR) is 71.0 cm³/mol. The molecule has 0 spiro atoms. The number of hydrogen-bond donors (Lipinski definition) is 1. The van der Waals surface area contributed by atoms with Gasteiger partial charge >= 0.3 is 0 Å². The SMILES string of the molecule is CCCOc1cncc(-n2nc(C)c(N)c2C)c1. The smallest absolute Gasteiger partial charge is 0.139 e. The van der Waals surface area contributed by atoms with Crippen molar-refractivity contribution in [1.29, 1.82) is 0 Å². The number of rotatable bonds is 4. The van der Waals surface area contributed by atoms with Crippen molar-refractivity contribution in [2.24, 2.45) is 0 Å². The van der Waals surface area contributed by atoms with Crippen molar-refractivity contribution in [3.05, 3.63) is 29.8 Å². The second kappa shape index (κ2) is 5.08. The normalized spacial score (nSPS) is 10.6. The lowest BCUT2D eigenvalue weighted by Crippen LogP contribution is -2.02. The van der Waals surface area contributed by atoms with E-state index in [9.17, 15) is 0 Å². The van der Waals surface area contributed by atoms with E-state index in [2.05, 4.69) is 17.0 Å². The maximum absolute atomic E-state index is 5.92. The molecule has 0 fully saturated rings. The van der Waals surface area contributed by atoms with Crippen molar-refractivity contribution in [1.82, 2.24) is 14.8 Å². The number of aryl methyl sites for hydroxylation is 1. The molecule has 18 heavy (non-hydrogen) atoms. The lowest BCUT2D eigenvalue weighted by atomic mass is 10.3. The Morgan fingerprint density at radius 2 is 2.11 bits per heavy atom. The van der Waals surface area contributed by atoms with Crippen LogP contribution < -0.4 is 10.5 Å². The number of nitrogens with two attached hydrogens (primary N) is 1. The first-order chi connectivity index (χ1) is 8.63. The van der Waals surface area contributed by atoms with E-state index in [1.54, 1.807) is 17.1 Å². The molecule has 5 nitrogen and oxygen atoms in total. The maximum Gasteiger partial charge on any atom is 0.139 e. The zero-order valence-corrected chi connectivity index (χ0v) is 11.0. The van der Waals surface area contributed by atoms with Crippen LogP contribution in [0.1, 0.15) is 24.7 Å². The Kier molecular flexibility index (Phi) is 3.50. The zero-order chi connectivity index (χ0) is 13.1. The number of hydrogen-bond acceptors (Lipinski definition) is 4. The fraction of sp³-hybridized carbons (Fsp3) is 0.385. The Morgan fingerprint density at radius 1 is 1.33 bits per heavy atom. The largest absolute Gasteiger partial charge is 0.492 e. The van der Waals surface area contributed by atoms with Gasteiger partial charge in [0.2, 0.25) is 0 Å². The van der Waals surface area contributed by atoms with Gasteiger partial charge in [0.05, 0.1) is 41.8 Å². The van der Waals surface area contributed by atoms with E-state index in [0.29, 0.717) is 6.61 Å². The van der Waals surface area contributed by atoms with Crippen LogP contribution in [-0.2, 0) is 0 Å². The van der Waals surface area contributed by atoms with E-state index >= 15 is 0 Å². The van der Waals surface area contributed by atoms with Crippen molar-refractivity contribution < 1.29 is 4.74 Å². The summed E-state index contributed by atoms with van der Waals surface area (Å²) in [6.07, 6.45) is 4.42. The van der Waals surface area contributed by atoms with E-state index in [0.717, 1.165) is 34.9 Å². The Morgan fingerprint density at radius 3 is 2.72 bits per heavy atom. The van der Waals surface area contributed by atoms with Crippen LogP contribution in [0, 0.1) is 13.8 Å². The van der Waals surface area contributed by atoms with Crippen LogP contribution in [-0.4, -0.2) is 21.4 Å². The molecule has 0 aliphatic carbocycles. The standard InChI is InChI=1S/C13H18N4O/c1-4-5-18-12-6-11(7-15-8-12)17-10(3)13(14)9(2)16-17/h6-8H,4-5,14H2,1-3H3. The molecule has 2 aromatic heterocycles. The Labute approximate surface area is 107 Å². The summed E-state index contributed by atoms with van der Waals surface area (Å²) in [5.41, 5.74) is 9.25. The molecule has 0 atom stereocenters. The van der Waals surface area contributed by atoms with Gasteiger partial charge in [-0.25, -0.2) is 4.68 Å². The number of anilines is 1. The van der Waals surface area contributed by atoms with E-state index in [4.69, 9.17) is 10.5 Å². The van der Waals surface area contributed by atoms with Crippen LogP contribution in [0.2, 0.25) is 0 Å². The van der Waals surface area contributed by atoms with Crippen LogP contribution in [0.4, 0.5) is 5.69 Å². The van der Waals surface area contributed by atoms with Gasteiger partial charge in [-0.05, 0) is 20.3 Å². The minimum Gasteiger partial charge on any atom is -0.492 e. The summed E-state index contributed by atoms with van der Waals surface area (Å²) in [7, 11) is 0. The molecule has 0 aliphatic rings. The third kappa shape index (κ3) is 2.30. The first-order valence-electron chi connectivity index (χ1n) is 6.03. The molecule has 2 rings (SSSR count). The lowest BCUT2D eigenvalue weighted by molar-refractivity contribution is 0.316. The molecular formula is C13H18N4O.